The zero-order valence-electron chi connectivity index (χ0n) is 9.89. The van der Waals surface area contributed by atoms with Crippen LogP contribution in [0.4, 0.5) is 0 Å². The van der Waals surface area contributed by atoms with Gasteiger partial charge in [-0.1, -0.05) is 0 Å². The van der Waals surface area contributed by atoms with E-state index in [-0.39, 0.29) is 12.5 Å². The summed E-state index contributed by atoms with van der Waals surface area (Å²) < 4.78 is 5.27. The number of rotatable bonds is 5. The highest BCUT2D eigenvalue weighted by atomic mass is 16.5. The van der Waals surface area contributed by atoms with Crippen molar-refractivity contribution in [3.8, 4) is 0 Å². The maximum absolute atomic E-state index is 11.5. The maximum Gasteiger partial charge on any atom is 0.252 e. The highest BCUT2D eigenvalue weighted by molar-refractivity contribution is 5.80. The third-order valence-electron chi connectivity index (χ3n) is 3.10. The average Bonchev–Trinajstić information content (AvgIpc) is 2.35. The second-order valence-corrected chi connectivity index (χ2v) is 4.36. The molecule has 16 heavy (non-hydrogen) atoms. The van der Waals surface area contributed by atoms with E-state index >= 15 is 0 Å². The molecule has 1 heterocycles. The fourth-order valence-electron chi connectivity index (χ4n) is 1.88. The zero-order valence-corrected chi connectivity index (χ0v) is 9.89. The lowest BCUT2D eigenvalue weighted by molar-refractivity contribution is -0.138. The Morgan fingerprint density at radius 2 is 2.19 bits per heavy atom. The Bertz CT molecular complexity index is 217. The molecule has 1 amide bonds. The van der Waals surface area contributed by atoms with Gasteiger partial charge in [-0.05, 0) is 25.2 Å². The SMILES string of the molecule is CN(CCC1CCOCC1)C(=O)C(O)CN. The van der Waals surface area contributed by atoms with Gasteiger partial charge in [0.05, 0.1) is 0 Å². The Balaban J connectivity index is 2.22. The number of aliphatic hydroxyl groups excluding tert-OH is 1. The Morgan fingerprint density at radius 3 is 2.75 bits per heavy atom. The van der Waals surface area contributed by atoms with Crippen molar-refractivity contribution in [3.05, 3.63) is 0 Å². The predicted molar refractivity (Wildman–Crippen MR) is 60.9 cm³/mol. The number of ether oxygens (including phenoxy) is 1. The number of nitrogens with zero attached hydrogens (tertiary/aromatic N) is 1. The van der Waals surface area contributed by atoms with E-state index in [1.165, 1.54) is 0 Å². The summed E-state index contributed by atoms with van der Waals surface area (Å²) in [5, 5.41) is 9.30. The molecule has 1 saturated heterocycles. The molecule has 1 unspecified atom stereocenters. The van der Waals surface area contributed by atoms with Gasteiger partial charge in [-0.2, -0.15) is 0 Å². The lowest BCUT2D eigenvalue weighted by Crippen LogP contribution is -2.41. The molecular formula is C11H22N2O3. The van der Waals surface area contributed by atoms with Gasteiger partial charge < -0.3 is 20.5 Å². The molecule has 94 valence electrons. The molecule has 5 nitrogen and oxygen atoms in total. The average molecular weight is 230 g/mol. The van der Waals surface area contributed by atoms with Crippen molar-refractivity contribution in [2.24, 2.45) is 11.7 Å². The largest absolute Gasteiger partial charge is 0.382 e. The van der Waals surface area contributed by atoms with Crippen LogP contribution < -0.4 is 5.73 Å². The molecule has 3 N–H and O–H groups in total. The van der Waals surface area contributed by atoms with Crippen LogP contribution in [0, 0.1) is 5.92 Å². The van der Waals surface area contributed by atoms with Crippen LogP contribution in [-0.2, 0) is 9.53 Å². The van der Waals surface area contributed by atoms with Crippen LogP contribution in [-0.4, -0.2) is 55.4 Å². The van der Waals surface area contributed by atoms with E-state index in [1.54, 1.807) is 11.9 Å². The second kappa shape index (κ2) is 6.83. The summed E-state index contributed by atoms with van der Waals surface area (Å²) in [4.78, 5) is 13.1. The molecule has 1 fully saturated rings. The minimum Gasteiger partial charge on any atom is -0.382 e. The van der Waals surface area contributed by atoms with Crippen LogP contribution in [0.5, 0.6) is 0 Å². The van der Waals surface area contributed by atoms with Crippen LogP contribution >= 0.6 is 0 Å². The smallest absolute Gasteiger partial charge is 0.252 e. The van der Waals surface area contributed by atoms with Crippen LogP contribution in [0.3, 0.4) is 0 Å². The molecular weight excluding hydrogens is 208 g/mol. The quantitative estimate of drug-likeness (QED) is 0.672. The fraction of sp³-hybridized carbons (Fsp3) is 0.909. The second-order valence-electron chi connectivity index (χ2n) is 4.36. The Labute approximate surface area is 96.6 Å². The van der Waals surface area contributed by atoms with Crippen molar-refractivity contribution in [1.29, 1.82) is 0 Å². The molecule has 0 aromatic carbocycles. The number of hydrogen-bond donors (Lipinski definition) is 2. The van der Waals surface area contributed by atoms with Gasteiger partial charge >= 0.3 is 0 Å². The van der Waals surface area contributed by atoms with Gasteiger partial charge in [-0.25, -0.2) is 0 Å². The van der Waals surface area contributed by atoms with Gasteiger partial charge in [0, 0.05) is 33.4 Å². The predicted octanol–water partition coefficient (Wildman–Crippen LogP) is -0.419. The van der Waals surface area contributed by atoms with Crippen molar-refractivity contribution in [3.63, 3.8) is 0 Å². The number of aliphatic hydroxyl groups is 1. The van der Waals surface area contributed by atoms with E-state index in [0.29, 0.717) is 12.5 Å². The first-order valence-corrected chi connectivity index (χ1v) is 5.86. The first kappa shape index (κ1) is 13.4. The Morgan fingerprint density at radius 1 is 1.56 bits per heavy atom. The van der Waals surface area contributed by atoms with E-state index in [1.807, 2.05) is 0 Å². The van der Waals surface area contributed by atoms with Gasteiger partial charge in [0.2, 0.25) is 0 Å². The zero-order chi connectivity index (χ0) is 12.0. The highest BCUT2D eigenvalue weighted by Crippen LogP contribution is 2.18. The lowest BCUT2D eigenvalue weighted by atomic mass is 9.96. The monoisotopic (exact) mass is 230 g/mol. The number of carbonyl (C=O) groups is 1. The van der Waals surface area contributed by atoms with E-state index in [0.717, 1.165) is 32.5 Å². The van der Waals surface area contributed by atoms with Crippen molar-refractivity contribution >= 4 is 5.91 Å². The van der Waals surface area contributed by atoms with Gasteiger partial charge in [0.25, 0.3) is 5.91 Å². The Kier molecular flexibility index (Phi) is 5.73. The van der Waals surface area contributed by atoms with Crippen molar-refractivity contribution < 1.29 is 14.6 Å². The molecule has 0 aliphatic carbocycles. The number of carbonyl (C=O) groups excluding carboxylic acids is 1. The molecule has 0 aromatic rings. The summed E-state index contributed by atoms with van der Waals surface area (Å²) in [6.45, 7) is 2.32. The summed E-state index contributed by atoms with van der Waals surface area (Å²) in [6, 6.07) is 0. The van der Waals surface area contributed by atoms with Crippen LogP contribution in [0.1, 0.15) is 19.3 Å². The summed E-state index contributed by atoms with van der Waals surface area (Å²) in [7, 11) is 1.71. The maximum atomic E-state index is 11.5. The van der Waals surface area contributed by atoms with E-state index in [2.05, 4.69) is 0 Å². The number of likely N-dealkylation sites (N-methyl/N-ethyl adjacent to an activating group) is 1. The third-order valence-corrected chi connectivity index (χ3v) is 3.10. The van der Waals surface area contributed by atoms with Crippen LogP contribution in [0.25, 0.3) is 0 Å². The van der Waals surface area contributed by atoms with Crippen LogP contribution in [0.15, 0.2) is 0 Å². The van der Waals surface area contributed by atoms with E-state index < -0.39 is 6.10 Å². The van der Waals surface area contributed by atoms with Gasteiger partial charge in [-0.3, -0.25) is 4.79 Å². The van der Waals surface area contributed by atoms with Crippen molar-refractivity contribution in [2.75, 3.05) is 33.4 Å². The Hall–Kier alpha value is -0.650. The highest BCUT2D eigenvalue weighted by Gasteiger charge is 2.19. The summed E-state index contributed by atoms with van der Waals surface area (Å²) in [5.41, 5.74) is 5.24. The molecule has 1 rings (SSSR count). The minimum atomic E-state index is -1.06. The van der Waals surface area contributed by atoms with Gasteiger partial charge in [-0.15, -0.1) is 0 Å². The molecule has 0 saturated carbocycles. The number of amides is 1. The fourth-order valence-corrected chi connectivity index (χ4v) is 1.88. The summed E-state index contributed by atoms with van der Waals surface area (Å²) in [5.74, 6) is 0.355. The normalized spacial score (nSPS) is 19.4. The molecule has 0 radical (unpaired) electrons. The van der Waals surface area contributed by atoms with Gasteiger partial charge in [0.1, 0.15) is 6.10 Å². The first-order chi connectivity index (χ1) is 7.65. The van der Waals surface area contributed by atoms with Crippen molar-refractivity contribution in [1.82, 2.24) is 4.90 Å². The van der Waals surface area contributed by atoms with Crippen LogP contribution in [0.2, 0.25) is 0 Å². The first-order valence-electron chi connectivity index (χ1n) is 5.86. The molecule has 0 spiro atoms. The molecule has 5 heteroatoms. The molecule has 1 aliphatic heterocycles. The summed E-state index contributed by atoms with van der Waals surface area (Å²) in [6.07, 6.45) is 2.06. The van der Waals surface area contributed by atoms with Crippen molar-refractivity contribution in [2.45, 2.75) is 25.4 Å². The van der Waals surface area contributed by atoms with Gasteiger partial charge in [0.15, 0.2) is 0 Å². The standard InChI is InChI=1S/C11H22N2O3/c1-13(11(15)10(14)8-12)5-2-9-3-6-16-7-4-9/h9-10,14H,2-8,12H2,1H3. The topological polar surface area (TPSA) is 75.8 Å². The summed E-state index contributed by atoms with van der Waals surface area (Å²) >= 11 is 0. The molecule has 1 atom stereocenters. The molecule has 0 aromatic heterocycles. The molecule has 0 bridgehead atoms. The lowest BCUT2D eigenvalue weighted by Gasteiger charge is -2.25. The third kappa shape index (κ3) is 4.08. The van der Waals surface area contributed by atoms with E-state index in [9.17, 15) is 9.90 Å². The number of nitrogens with two attached hydrogens (primary N) is 1. The van der Waals surface area contributed by atoms with E-state index in [4.69, 9.17) is 10.5 Å². The minimum absolute atomic E-state index is 0.0135. The number of hydrogen-bond acceptors (Lipinski definition) is 4. The molecule has 1 aliphatic rings.